The fourth-order valence-electron chi connectivity index (χ4n) is 3.04. The molecule has 3 atom stereocenters. The van der Waals surface area contributed by atoms with Gasteiger partial charge in [0.05, 0.1) is 6.04 Å². The van der Waals surface area contributed by atoms with Gasteiger partial charge in [0.25, 0.3) is 0 Å². The molecule has 1 aliphatic carbocycles. The molecule has 1 aliphatic heterocycles. The number of nitrogens with zero attached hydrogens (tertiary/aromatic N) is 1. The van der Waals surface area contributed by atoms with Gasteiger partial charge >= 0.3 is 0 Å². The van der Waals surface area contributed by atoms with E-state index in [1.165, 1.54) is 17.7 Å². The fraction of sp³-hybridized carbons (Fsp3) is 0.375. The zero-order valence-electron chi connectivity index (χ0n) is 10.5. The van der Waals surface area contributed by atoms with Gasteiger partial charge in [-0.15, -0.1) is 0 Å². The molecule has 0 amide bonds. The van der Waals surface area contributed by atoms with Gasteiger partial charge in [0.15, 0.2) is 0 Å². The van der Waals surface area contributed by atoms with Gasteiger partial charge < -0.3 is 4.90 Å². The van der Waals surface area contributed by atoms with E-state index in [0.717, 1.165) is 0 Å². The van der Waals surface area contributed by atoms with Crippen LogP contribution in [0, 0.1) is 0 Å². The lowest BCUT2D eigenvalue weighted by atomic mass is 9.91. The summed E-state index contributed by atoms with van der Waals surface area (Å²) in [7, 11) is 0. The van der Waals surface area contributed by atoms with Crippen molar-refractivity contribution in [2.45, 2.75) is 38.3 Å². The molecule has 1 heteroatoms. The van der Waals surface area contributed by atoms with E-state index in [1.54, 1.807) is 0 Å². The predicted octanol–water partition coefficient (Wildman–Crippen LogP) is 3.88. The minimum atomic E-state index is 0.521. The normalized spacial score (nSPS) is 26.8. The van der Waals surface area contributed by atoms with Crippen LogP contribution in [0.15, 0.2) is 48.6 Å². The first kappa shape index (κ1) is 10.6. The maximum atomic E-state index is 2.58. The van der Waals surface area contributed by atoms with Crippen molar-refractivity contribution in [3.8, 4) is 0 Å². The summed E-state index contributed by atoms with van der Waals surface area (Å²) in [6.07, 6.45) is 10.2. The zero-order chi connectivity index (χ0) is 11.8. The fourth-order valence-corrected chi connectivity index (χ4v) is 3.04. The van der Waals surface area contributed by atoms with Crippen molar-refractivity contribution in [2.75, 3.05) is 4.90 Å². The molecule has 0 N–H and O–H groups in total. The number of fused-ring (bicyclic) bond motifs is 3. The number of rotatable bonds is 2. The molecule has 0 saturated heterocycles. The molecule has 1 aromatic rings. The highest BCUT2D eigenvalue weighted by Crippen LogP contribution is 2.44. The van der Waals surface area contributed by atoms with Gasteiger partial charge in [-0.3, -0.25) is 0 Å². The molecule has 1 nitrogen and oxygen atoms in total. The molecule has 0 fully saturated rings. The van der Waals surface area contributed by atoms with E-state index in [2.05, 4.69) is 67.3 Å². The molecule has 1 heterocycles. The minimum absolute atomic E-state index is 0.521. The molecule has 17 heavy (non-hydrogen) atoms. The Morgan fingerprint density at radius 1 is 1.18 bits per heavy atom. The Labute approximate surface area is 103 Å². The highest BCUT2D eigenvalue weighted by molar-refractivity contribution is 5.66. The first-order valence-electron chi connectivity index (χ1n) is 6.55. The van der Waals surface area contributed by atoms with E-state index < -0.39 is 0 Å². The zero-order valence-corrected chi connectivity index (χ0v) is 10.5. The maximum absolute atomic E-state index is 2.58. The van der Waals surface area contributed by atoms with Crippen LogP contribution in [0.25, 0.3) is 0 Å². The van der Waals surface area contributed by atoms with Crippen LogP contribution in [0.4, 0.5) is 5.69 Å². The predicted molar refractivity (Wildman–Crippen MR) is 73.5 cm³/mol. The third-order valence-corrected chi connectivity index (χ3v) is 4.07. The molecule has 3 unspecified atom stereocenters. The van der Waals surface area contributed by atoms with Crippen LogP contribution in [0.1, 0.15) is 31.7 Å². The van der Waals surface area contributed by atoms with Crippen molar-refractivity contribution in [3.63, 3.8) is 0 Å². The van der Waals surface area contributed by atoms with Gasteiger partial charge in [0.2, 0.25) is 0 Å². The van der Waals surface area contributed by atoms with Crippen molar-refractivity contribution < 1.29 is 0 Å². The summed E-state index contributed by atoms with van der Waals surface area (Å²) in [6, 6.07) is 9.97. The monoisotopic (exact) mass is 225 g/mol. The summed E-state index contributed by atoms with van der Waals surface area (Å²) in [5.41, 5.74) is 2.91. The van der Waals surface area contributed by atoms with E-state index >= 15 is 0 Å². The molecule has 0 bridgehead atoms. The van der Waals surface area contributed by atoms with Crippen LogP contribution in [-0.4, -0.2) is 12.1 Å². The highest BCUT2D eigenvalue weighted by atomic mass is 15.2. The summed E-state index contributed by atoms with van der Waals surface area (Å²) < 4.78 is 0. The number of allylic oxidation sites excluding steroid dienone is 2. The molecule has 0 saturated carbocycles. The van der Waals surface area contributed by atoms with E-state index in [-0.39, 0.29) is 0 Å². The second-order valence-corrected chi connectivity index (χ2v) is 5.01. The first-order valence-corrected chi connectivity index (χ1v) is 6.55. The molecule has 3 rings (SSSR count). The SMILES string of the molecule is CCC(C)N1c2ccccc2C2C=CC=CC21. The average molecular weight is 225 g/mol. The van der Waals surface area contributed by atoms with Gasteiger partial charge in [-0.2, -0.15) is 0 Å². The van der Waals surface area contributed by atoms with Crippen molar-refractivity contribution in [3.05, 3.63) is 54.1 Å². The standard InChI is InChI=1S/C16H19N/c1-3-12(2)17-15-10-6-4-8-13(15)14-9-5-7-11-16(14)17/h4-13,15H,3H2,1-2H3. The summed E-state index contributed by atoms with van der Waals surface area (Å²) in [4.78, 5) is 2.58. The number of benzene rings is 1. The van der Waals surface area contributed by atoms with E-state index in [1.807, 2.05) is 0 Å². The van der Waals surface area contributed by atoms with E-state index in [9.17, 15) is 0 Å². The Balaban J connectivity index is 2.10. The third-order valence-electron chi connectivity index (χ3n) is 4.07. The number of hydrogen-bond donors (Lipinski definition) is 0. The number of hydrogen-bond acceptors (Lipinski definition) is 1. The Morgan fingerprint density at radius 3 is 2.76 bits per heavy atom. The van der Waals surface area contributed by atoms with Gasteiger partial charge in [-0.05, 0) is 25.0 Å². The molecular weight excluding hydrogens is 206 g/mol. The third kappa shape index (κ3) is 1.53. The summed E-state index contributed by atoms with van der Waals surface area (Å²) in [6.45, 7) is 4.59. The van der Waals surface area contributed by atoms with Crippen LogP contribution >= 0.6 is 0 Å². The molecule has 1 aromatic carbocycles. The Kier molecular flexibility index (Phi) is 2.54. The first-order chi connectivity index (χ1) is 8.33. The van der Waals surface area contributed by atoms with Crippen LogP contribution < -0.4 is 4.90 Å². The molecular formula is C16H19N. The summed E-state index contributed by atoms with van der Waals surface area (Å²) in [5, 5.41) is 0. The Hall–Kier alpha value is -1.50. The minimum Gasteiger partial charge on any atom is -0.361 e. The Bertz CT molecular complexity index is 472. The van der Waals surface area contributed by atoms with Crippen molar-refractivity contribution >= 4 is 5.69 Å². The van der Waals surface area contributed by atoms with Gasteiger partial charge in [-0.25, -0.2) is 0 Å². The lowest BCUT2D eigenvalue weighted by Crippen LogP contribution is -2.39. The molecule has 0 spiro atoms. The van der Waals surface area contributed by atoms with Crippen LogP contribution in [0.2, 0.25) is 0 Å². The lowest BCUT2D eigenvalue weighted by molar-refractivity contribution is 0.567. The molecule has 0 radical (unpaired) electrons. The largest absolute Gasteiger partial charge is 0.361 e. The smallest absolute Gasteiger partial charge is 0.0583 e. The highest BCUT2D eigenvalue weighted by Gasteiger charge is 2.37. The van der Waals surface area contributed by atoms with Gasteiger partial charge in [0, 0.05) is 17.6 Å². The molecule has 2 aliphatic rings. The summed E-state index contributed by atoms with van der Waals surface area (Å²) in [5.74, 6) is 0.546. The maximum Gasteiger partial charge on any atom is 0.0583 e. The second kappa shape index (κ2) is 4.06. The lowest BCUT2D eigenvalue weighted by Gasteiger charge is -2.33. The molecule has 0 aromatic heterocycles. The second-order valence-electron chi connectivity index (χ2n) is 5.01. The van der Waals surface area contributed by atoms with Crippen molar-refractivity contribution in [1.29, 1.82) is 0 Å². The quantitative estimate of drug-likeness (QED) is 0.738. The van der Waals surface area contributed by atoms with Gasteiger partial charge in [0.1, 0.15) is 0 Å². The van der Waals surface area contributed by atoms with E-state index in [0.29, 0.717) is 18.0 Å². The Morgan fingerprint density at radius 2 is 1.94 bits per heavy atom. The number of anilines is 1. The average Bonchev–Trinajstić information content (AvgIpc) is 2.72. The number of para-hydroxylation sites is 1. The van der Waals surface area contributed by atoms with Gasteiger partial charge in [-0.1, -0.05) is 49.4 Å². The van der Waals surface area contributed by atoms with Crippen LogP contribution in [0.3, 0.4) is 0 Å². The van der Waals surface area contributed by atoms with E-state index in [4.69, 9.17) is 0 Å². The van der Waals surface area contributed by atoms with Crippen molar-refractivity contribution in [1.82, 2.24) is 0 Å². The topological polar surface area (TPSA) is 3.24 Å². The van der Waals surface area contributed by atoms with Crippen molar-refractivity contribution in [2.24, 2.45) is 0 Å². The van der Waals surface area contributed by atoms with Crippen LogP contribution in [0.5, 0.6) is 0 Å². The van der Waals surface area contributed by atoms with Crippen LogP contribution in [-0.2, 0) is 0 Å². The molecule has 88 valence electrons. The summed E-state index contributed by atoms with van der Waals surface area (Å²) >= 11 is 0.